The average molecular weight is 477 g/mol. The molecule has 2 bridgehead atoms. The van der Waals surface area contributed by atoms with Gasteiger partial charge in [-0.3, -0.25) is 19.2 Å². The third kappa shape index (κ3) is 3.40. The molecule has 4 nitrogen and oxygen atoms in total. The van der Waals surface area contributed by atoms with E-state index in [1.54, 1.807) is 6.07 Å². The largest absolute Gasteiger partial charge is 0.378 e. The van der Waals surface area contributed by atoms with E-state index in [0.717, 1.165) is 44.1 Å². The number of hydrogen-bond acceptors (Lipinski definition) is 4. The minimum absolute atomic E-state index is 0.0867. The van der Waals surface area contributed by atoms with Crippen molar-refractivity contribution in [3.63, 3.8) is 0 Å². The van der Waals surface area contributed by atoms with Crippen molar-refractivity contribution in [1.29, 1.82) is 0 Å². The fourth-order valence-corrected chi connectivity index (χ4v) is 7.65. The zero-order valence-electron chi connectivity index (χ0n) is 20.4. The predicted octanol–water partition coefficient (Wildman–Crippen LogP) is 5.37. The lowest BCUT2D eigenvalue weighted by molar-refractivity contribution is -0.173. The van der Waals surface area contributed by atoms with Crippen molar-refractivity contribution >= 4 is 11.3 Å². The summed E-state index contributed by atoms with van der Waals surface area (Å²) in [5.74, 6) is 0.664. The molecule has 1 aromatic carbocycles. The monoisotopic (exact) mass is 476 g/mol. The summed E-state index contributed by atoms with van der Waals surface area (Å²) in [6.07, 6.45) is 8.11. The first-order valence-electron chi connectivity index (χ1n) is 13.3. The van der Waals surface area contributed by atoms with Crippen molar-refractivity contribution in [3.05, 3.63) is 64.7 Å². The SMILES string of the molecule is C[C@@H]1CC2=C(Cc3ccccc32)[C@@H](c2ncc(NC3CN(CCCF)C3)cc2F)N1C12CC(C1)C2. The summed E-state index contributed by atoms with van der Waals surface area (Å²) in [7, 11) is 0. The Balaban J connectivity index is 1.19. The lowest BCUT2D eigenvalue weighted by Crippen LogP contribution is -2.71. The second-order valence-corrected chi connectivity index (χ2v) is 11.6. The second kappa shape index (κ2) is 8.10. The molecule has 184 valence electrons. The molecule has 1 N–H and O–H groups in total. The second-order valence-electron chi connectivity index (χ2n) is 11.6. The van der Waals surface area contributed by atoms with Crippen LogP contribution in [0.3, 0.4) is 0 Å². The molecule has 2 aromatic rings. The van der Waals surface area contributed by atoms with Crippen LogP contribution in [0.1, 0.15) is 61.9 Å². The molecule has 1 aromatic heterocycles. The molecule has 2 atom stereocenters. The van der Waals surface area contributed by atoms with Crippen molar-refractivity contribution < 1.29 is 8.78 Å². The van der Waals surface area contributed by atoms with E-state index < -0.39 is 0 Å². The zero-order valence-corrected chi connectivity index (χ0v) is 20.4. The number of aromatic nitrogens is 1. The van der Waals surface area contributed by atoms with Crippen LogP contribution in [-0.2, 0) is 6.42 Å². The third-order valence-corrected chi connectivity index (χ3v) is 9.31. The highest BCUT2D eigenvalue weighted by Gasteiger charge is 2.63. The maximum atomic E-state index is 15.9. The first-order valence-corrected chi connectivity index (χ1v) is 13.3. The number of fused-ring (bicyclic) bond motifs is 2. The molecule has 1 saturated heterocycles. The van der Waals surface area contributed by atoms with Crippen LogP contribution in [-0.4, -0.2) is 58.7 Å². The smallest absolute Gasteiger partial charge is 0.148 e. The van der Waals surface area contributed by atoms with Crippen LogP contribution < -0.4 is 5.32 Å². The van der Waals surface area contributed by atoms with Crippen molar-refractivity contribution in [2.24, 2.45) is 5.92 Å². The topological polar surface area (TPSA) is 31.4 Å². The molecule has 6 heteroatoms. The average Bonchev–Trinajstić information content (AvgIpc) is 3.12. The molecule has 0 radical (unpaired) electrons. The first kappa shape index (κ1) is 21.9. The molecular formula is C29H34F2N4. The highest BCUT2D eigenvalue weighted by atomic mass is 19.1. The minimum Gasteiger partial charge on any atom is -0.378 e. The van der Waals surface area contributed by atoms with Gasteiger partial charge in [0.1, 0.15) is 5.82 Å². The number of halogens is 2. The number of anilines is 1. The van der Waals surface area contributed by atoms with E-state index in [1.807, 2.05) is 6.20 Å². The van der Waals surface area contributed by atoms with Gasteiger partial charge in [-0.15, -0.1) is 0 Å². The molecule has 4 aliphatic carbocycles. The summed E-state index contributed by atoms with van der Waals surface area (Å²) in [5, 5.41) is 3.43. The number of nitrogens with one attached hydrogen (secondary N) is 1. The number of hydrogen-bond donors (Lipinski definition) is 1. The molecule has 0 spiro atoms. The molecule has 6 aliphatic rings. The van der Waals surface area contributed by atoms with Crippen LogP contribution in [0.2, 0.25) is 0 Å². The van der Waals surface area contributed by atoms with E-state index in [2.05, 4.69) is 46.3 Å². The highest BCUT2D eigenvalue weighted by molar-refractivity contribution is 5.79. The van der Waals surface area contributed by atoms with Gasteiger partial charge in [0.2, 0.25) is 0 Å². The standard InChI is InChI=1S/C29H34F2N4/c1-18-9-24-23-6-3-2-5-20(23)10-25(24)28(35(18)29-12-19(13-29)14-29)27-26(31)11-21(15-32-27)33-22-16-34(17-22)8-4-7-30/h2-3,5-6,11,15,18-19,22,28,33H,4,7-10,12-14,16-17H2,1H3/t18-,19?,28+,29?/m1/s1. The van der Waals surface area contributed by atoms with E-state index in [4.69, 9.17) is 4.98 Å². The lowest BCUT2D eigenvalue weighted by atomic mass is 9.48. The van der Waals surface area contributed by atoms with Gasteiger partial charge in [0.25, 0.3) is 0 Å². The van der Waals surface area contributed by atoms with Gasteiger partial charge >= 0.3 is 0 Å². The number of alkyl halides is 1. The van der Waals surface area contributed by atoms with E-state index in [-0.39, 0.29) is 30.1 Å². The van der Waals surface area contributed by atoms with Gasteiger partial charge in [-0.05, 0) is 73.6 Å². The maximum absolute atomic E-state index is 15.9. The normalized spacial score (nSPS) is 31.9. The number of likely N-dealkylation sites (tertiary alicyclic amines) is 1. The Labute approximate surface area is 206 Å². The highest BCUT2D eigenvalue weighted by Crippen LogP contribution is 2.65. The van der Waals surface area contributed by atoms with Crippen molar-refractivity contribution in [3.8, 4) is 0 Å². The molecule has 8 rings (SSSR count). The third-order valence-electron chi connectivity index (χ3n) is 9.31. The summed E-state index contributed by atoms with van der Waals surface area (Å²) in [4.78, 5) is 9.69. The molecule has 3 heterocycles. The van der Waals surface area contributed by atoms with Crippen LogP contribution in [0.15, 0.2) is 42.1 Å². The number of benzene rings is 1. The van der Waals surface area contributed by atoms with Gasteiger partial charge in [0.05, 0.1) is 36.3 Å². The Morgan fingerprint density at radius 3 is 2.69 bits per heavy atom. The van der Waals surface area contributed by atoms with Crippen molar-refractivity contribution in [2.75, 3.05) is 31.6 Å². The minimum atomic E-state index is -0.271. The molecule has 35 heavy (non-hydrogen) atoms. The van der Waals surface area contributed by atoms with E-state index >= 15 is 4.39 Å². The molecule has 0 unspecified atom stereocenters. The Morgan fingerprint density at radius 1 is 1.17 bits per heavy atom. The fourth-order valence-electron chi connectivity index (χ4n) is 7.65. The maximum Gasteiger partial charge on any atom is 0.148 e. The van der Waals surface area contributed by atoms with Gasteiger partial charge in [0.15, 0.2) is 0 Å². The van der Waals surface area contributed by atoms with Gasteiger partial charge in [0, 0.05) is 37.3 Å². The van der Waals surface area contributed by atoms with Crippen LogP contribution in [0.4, 0.5) is 14.5 Å². The lowest BCUT2D eigenvalue weighted by Gasteiger charge is -2.70. The van der Waals surface area contributed by atoms with Crippen LogP contribution in [0.25, 0.3) is 5.57 Å². The Morgan fingerprint density at radius 2 is 1.97 bits per heavy atom. The molecule has 0 amide bonds. The van der Waals surface area contributed by atoms with Gasteiger partial charge in [-0.1, -0.05) is 24.3 Å². The number of pyridine rings is 1. The Hall–Kier alpha value is -2.31. The van der Waals surface area contributed by atoms with Gasteiger partial charge < -0.3 is 5.32 Å². The summed E-state index contributed by atoms with van der Waals surface area (Å²) in [6.45, 7) is 4.59. The van der Waals surface area contributed by atoms with Crippen molar-refractivity contribution in [1.82, 2.24) is 14.8 Å². The van der Waals surface area contributed by atoms with Crippen molar-refractivity contribution in [2.45, 2.75) is 69.1 Å². The van der Waals surface area contributed by atoms with E-state index in [0.29, 0.717) is 18.2 Å². The zero-order chi connectivity index (χ0) is 23.7. The summed E-state index contributed by atoms with van der Waals surface area (Å²) in [6, 6.07) is 10.9. The van der Waals surface area contributed by atoms with Crippen LogP contribution in [0, 0.1) is 11.7 Å². The quantitative estimate of drug-likeness (QED) is 0.582. The van der Waals surface area contributed by atoms with Gasteiger partial charge in [-0.25, -0.2) is 4.39 Å². The molecule has 3 saturated carbocycles. The van der Waals surface area contributed by atoms with E-state index in [9.17, 15) is 4.39 Å². The summed E-state index contributed by atoms with van der Waals surface area (Å²) >= 11 is 0. The van der Waals surface area contributed by atoms with Gasteiger partial charge in [-0.2, -0.15) is 0 Å². The Bertz CT molecular complexity index is 1170. The molecule has 4 fully saturated rings. The summed E-state index contributed by atoms with van der Waals surface area (Å²) in [5.41, 5.74) is 7.09. The summed E-state index contributed by atoms with van der Waals surface area (Å²) < 4.78 is 28.3. The van der Waals surface area contributed by atoms with Crippen LogP contribution in [0.5, 0.6) is 0 Å². The number of nitrogens with zero attached hydrogens (tertiary/aromatic N) is 3. The molecular weight excluding hydrogens is 442 g/mol. The molecule has 2 aliphatic heterocycles. The number of rotatable bonds is 7. The predicted molar refractivity (Wildman–Crippen MR) is 134 cm³/mol. The van der Waals surface area contributed by atoms with Crippen LogP contribution >= 0.6 is 0 Å². The fraction of sp³-hybridized carbons (Fsp3) is 0.552. The Kier molecular flexibility index (Phi) is 5.08. The van der Waals surface area contributed by atoms with E-state index in [1.165, 1.54) is 41.5 Å². The first-order chi connectivity index (χ1) is 17.0.